The number of benzene rings is 1. The van der Waals surface area contributed by atoms with E-state index in [0.717, 1.165) is 61.2 Å². The zero-order chi connectivity index (χ0) is 20.4. The lowest BCUT2D eigenvalue weighted by Crippen LogP contribution is -2.24. The van der Waals surface area contributed by atoms with Crippen LogP contribution in [0, 0.1) is 0 Å². The maximum Gasteiger partial charge on any atom is 0.267 e. The number of carbonyl (C=O) groups excluding carboxylic acids is 1. The van der Waals surface area contributed by atoms with Crippen LogP contribution in [0.1, 0.15) is 51.4 Å². The first-order chi connectivity index (χ1) is 13.5. The number of allylic oxidation sites excluding steroid dienone is 2. The normalized spacial score (nSPS) is 12.0. The van der Waals surface area contributed by atoms with Gasteiger partial charge < -0.3 is 9.88 Å². The summed E-state index contributed by atoms with van der Waals surface area (Å²) in [5, 5.41) is 12.1. The third-order valence-corrected chi connectivity index (χ3v) is 4.44. The Morgan fingerprint density at radius 2 is 2.14 bits per heavy atom. The molecule has 0 atom stereocenters. The molecule has 0 bridgehead atoms. The second kappa shape index (κ2) is 11.4. The van der Waals surface area contributed by atoms with Gasteiger partial charge >= 0.3 is 0 Å². The lowest BCUT2D eigenvalue weighted by Gasteiger charge is -2.11. The number of carbonyl (C=O) groups is 1. The molecular weight excluding hydrogens is 352 g/mol. The predicted molar refractivity (Wildman–Crippen MR) is 114 cm³/mol. The van der Waals surface area contributed by atoms with Crippen molar-refractivity contribution in [2.75, 3.05) is 6.54 Å². The molecule has 0 aliphatic heterocycles. The van der Waals surface area contributed by atoms with Crippen LogP contribution in [0.4, 0.5) is 0 Å². The molecule has 0 aliphatic rings. The lowest BCUT2D eigenvalue weighted by molar-refractivity contribution is -0.124. The fourth-order valence-electron chi connectivity index (χ4n) is 3.07. The van der Waals surface area contributed by atoms with Crippen molar-refractivity contribution < 1.29 is 10.0 Å². The van der Waals surface area contributed by atoms with Gasteiger partial charge in [0.1, 0.15) is 5.82 Å². The van der Waals surface area contributed by atoms with Crippen LogP contribution >= 0.6 is 0 Å². The average molecular weight is 385 g/mol. The molecule has 6 heteroatoms. The Bertz CT molecular complexity index is 821. The van der Waals surface area contributed by atoms with E-state index in [2.05, 4.69) is 48.9 Å². The molecule has 1 aromatic heterocycles. The van der Waals surface area contributed by atoms with Gasteiger partial charge in [-0.3, -0.25) is 10.0 Å². The largest absolute Gasteiger partial charge is 0.328 e. The quantitative estimate of drug-likeness (QED) is 0.181. The lowest BCUT2D eigenvalue weighted by atomic mass is 10.2. The predicted octanol–water partition coefficient (Wildman–Crippen LogP) is 3.84. The van der Waals surface area contributed by atoms with Crippen LogP contribution in [0.25, 0.3) is 17.1 Å². The van der Waals surface area contributed by atoms with Crippen LogP contribution in [0.5, 0.6) is 0 Å². The summed E-state index contributed by atoms with van der Waals surface area (Å²) < 4.78 is 2.31. The topological polar surface area (TPSA) is 79.2 Å². The molecule has 1 aromatic carbocycles. The van der Waals surface area contributed by atoms with Crippen LogP contribution in [0.3, 0.4) is 0 Å². The van der Waals surface area contributed by atoms with Crippen LogP contribution in [0.2, 0.25) is 0 Å². The molecule has 1 amide bonds. The molecular formula is C22H32N4O2. The van der Waals surface area contributed by atoms with Crippen LogP contribution < -0.4 is 10.8 Å². The van der Waals surface area contributed by atoms with Gasteiger partial charge in [-0.05, 0) is 49.6 Å². The third-order valence-electron chi connectivity index (χ3n) is 4.44. The van der Waals surface area contributed by atoms with E-state index in [9.17, 15) is 4.79 Å². The minimum Gasteiger partial charge on any atom is -0.328 e. The summed E-state index contributed by atoms with van der Waals surface area (Å²) in [6.45, 7) is 8.35. The van der Waals surface area contributed by atoms with E-state index in [4.69, 9.17) is 10.2 Å². The van der Waals surface area contributed by atoms with Crippen molar-refractivity contribution in [3.8, 4) is 0 Å². The van der Waals surface area contributed by atoms with Gasteiger partial charge in [0.15, 0.2) is 0 Å². The molecule has 1 heterocycles. The first kappa shape index (κ1) is 21.9. The molecule has 0 aliphatic carbocycles. The van der Waals surface area contributed by atoms with Crippen molar-refractivity contribution in [3.63, 3.8) is 0 Å². The fourth-order valence-corrected chi connectivity index (χ4v) is 3.07. The van der Waals surface area contributed by atoms with E-state index in [1.807, 2.05) is 12.1 Å². The fraction of sp³-hybridized carbons (Fsp3) is 0.455. The van der Waals surface area contributed by atoms with E-state index in [1.165, 1.54) is 6.08 Å². The minimum absolute atomic E-state index is 0.489. The molecule has 0 saturated carbocycles. The maximum atomic E-state index is 11.2. The van der Waals surface area contributed by atoms with Gasteiger partial charge in [-0.15, -0.1) is 0 Å². The highest BCUT2D eigenvalue weighted by molar-refractivity contribution is 5.91. The van der Waals surface area contributed by atoms with Crippen molar-refractivity contribution in [3.05, 3.63) is 47.8 Å². The second-order valence-electron chi connectivity index (χ2n) is 7.12. The molecule has 0 fully saturated rings. The number of fused-ring (bicyclic) bond motifs is 1. The van der Waals surface area contributed by atoms with E-state index in [0.29, 0.717) is 6.04 Å². The van der Waals surface area contributed by atoms with Crippen molar-refractivity contribution in [2.45, 2.75) is 59.0 Å². The molecule has 6 nitrogen and oxygen atoms in total. The van der Waals surface area contributed by atoms with E-state index in [-0.39, 0.29) is 0 Å². The molecule has 0 radical (unpaired) electrons. The van der Waals surface area contributed by atoms with Crippen molar-refractivity contribution in [1.82, 2.24) is 20.3 Å². The van der Waals surface area contributed by atoms with Gasteiger partial charge in [-0.25, -0.2) is 10.5 Å². The number of hydrogen-bond donors (Lipinski definition) is 3. The molecule has 0 unspecified atom stereocenters. The SMILES string of the molecule is CCC=CCCc1nc2cc(/C=C/C(=O)NO)ccc2n1CCCNC(C)C. The van der Waals surface area contributed by atoms with Gasteiger partial charge in [0.25, 0.3) is 5.91 Å². The summed E-state index contributed by atoms with van der Waals surface area (Å²) in [7, 11) is 0. The Morgan fingerprint density at radius 3 is 2.86 bits per heavy atom. The first-order valence-corrected chi connectivity index (χ1v) is 10.0. The first-order valence-electron chi connectivity index (χ1n) is 10.0. The number of hydroxylamine groups is 1. The van der Waals surface area contributed by atoms with Crippen molar-refractivity contribution in [2.24, 2.45) is 0 Å². The van der Waals surface area contributed by atoms with Gasteiger partial charge in [0.2, 0.25) is 0 Å². The maximum absolute atomic E-state index is 11.2. The van der Waals surface area contributed by atoms with Gasteiger partial charge in [0.05, 0.1) is 11.0 Å². The third kappa shape index (κ3) is 6.62. The molecule has 0 saturated heterocycles. The Balaban J connectivity index is 2.23. The highest BCUT2D eigenvalue weighted by atomic mass is 16.5. The number of nitrogens with one attached hydrogen (secondary N) is 2. The molecule has 3 N–H and O–H groups in total. The summed E-state index contributed by atoms with van der Waals surface area (Å²) in [5.41, 5.74) is 4.51. The minimum atomic E-state index is -0.549. The van der Waals surface area contributed by atoms with Gasteiger partial charge in [-0.2, -0.15) is 0 Å². The van der Waals surface area contributed by atoms with E-state index in [1.54, 1.807) is 11.6 Å². The summed E-state index contributed by atoms with van der Waals surface area (Å²) in [4.78, 5) is 16.0. The molecule has 0 spiro atoms. The highest BCUT2D eigenvalue weighted by Gasteiger charge is 2.10. The summed E-state index contributed by atoms with van der Waals surface area (Å²) in [6, 6.07) is 6.49. The monoisotopic (exact) mass is 384 g/mol. The number of aromatic nitrogens is 2. The summed E-state index contributed by atoms with van der Waals surface area (Å²) in [6.07, 6.45) is 11.3. The van der Waals surface area contributed by atoms with Crippen molar-refractivity contribution in [1.29, 1.82) is 0 Å². The number of amides is 1. The van der Waals surface area contributed by atoms with Crippen LogP contribution in [-0.2, 0) is 17.8 Å². The molecule has 28 heavy (non-hydrogen) atoms. The molecule has 2 aromatic rings. The van der Waals surface area contributed by atoms with E-state index >= 15 is 0 Å². The zero-order valence-corrected chi connectivity index (χ0v) is 17.1. The average Bonchev–Trinajstić information content (AvgIpc) is 3.03. The van der Waals surface area contributed by atoms with Gasteiger partial charge in [-0.1, -0.05) is 39.0 Å². The number of nitrogens with zero attached hydrogens (tertiary/aromatic N) is 2. The number of rotatable bonds is 11. The summed E-state index contributed by atoms with van der Waals surface area (Å²) in [5.74, 6) is 0.543. The molecule has 2 rings (SSSR count). The Kier molecular flexibility index (Phi) is 8.91. The number of hydrogen-bond acceptors (Lipinski definition) is 4. The van der Waals surface area contributed by atoms with Crippen molar-refractivity contribution >= 4 is 23.0 Å². The van der Waals surface area contributed by atoms with Crippen LogP contribution in [0.15, 0.2) is 36.4 Å². The zero-order valence-electron chi connectivity index (χ0n) is 17.1. The van der Waals surface area contributed by atoms with Gasteiger partial charge in [0, 0.05) is 25.1 Å². The second-order valence-corrected chi connectivity index (χ2v) is 7.12. The van der Waals surface area contributed by atoms with Crippen LogP contribution in [-0.4, -0.2) is 33.3 Å². The standard InChI is InChI=1S/C22H32N4O2/c1-4-5-6-7-9-21-24-19-16-18(11-13-22(27)25-28)10-12-20(19)26(21)15-8-14-23-17(2)3/h5-6,10-13,16-17,23,28H,4,7-9,14-15H2,1-3H3,(H,25,27)/b6-5?,13-11+. The van der Waals surface area contributed by atoms with E-state index < -0.39 is 5.91 Å². The molecule has 152 valence electrons. The number of imidazole rings is 1. The smallest absolute Gasteiger partial charge is 0.267 e. The Morgan fingerprint density at radius 1 is 1.32 bits per heavy atom. The highest BCUT2D eigenvalue weighted by Crippen LogP contribution is 2.20. The summed E-state index contributed by atoms with van der Waals surface area (Å²) >= 11 is 0. The Hall–Kier alpha value is -2.44. The number of aryl methyl sites for hydroxylation is 2. The Labute approximate surface area is 167 Å².